The van der Waals surface area contributed by atoms with Crippen molar-refractivity contribution >= 4 is 0 Å². The van der Waals surface area contributed by atoms with Crippen molar-refractivity contribution in [2.75, 3.05) is 20.7 Å². The van der Waals surface area contributed by atoms with Crippen LogP contribution in [0.1, 0.15) is 57.8 Å². The van der Waals surface area contributed by atoms with Crippen molar-refractivity contribution < 1.29 is 4.74 Å². The Morgan fingerprint density at radius 2 is 2.00 bits per heavy atom. The average molecular weight is 254 g/mol. The van der Waals surface area contributed by atoms with E-state index in [0.717, 1.165) is 13.0 Å². The van der Waals surface area contributed by atoms with Gasteiger partial charge in [0.25, 0.3) is 0 Å². The molecule has 3 nitrogen and oxygen atoms in total. The smallest absolute Gasteiger partial charge is 0.0576 e. The average Bonchev–Trinajstić information content (AvgIpc) is 3.00. The van der Waals surface area contributed by atoms with Gasteiger partial charge in [-0.2, -0.15) is 0 Å². The Labute approximate surface area is 112 Å². The molecule has 0 bridgehead atoms. The van der Waals surface area contributed by atoms with Gasteiger partial charge in [0.2, 0.25) is 0 Å². The summed E-state index contributed by atoms with van der Waals surface area (Å²) in [5.74, 6) is 0. The lowest BCUT2D eigenvalue weighted by Crippen LogP contribution is -2.55. The normalized spacial score (nSPS) is 29.0. The predicted octanol–water partition coefficient (Wildman–Crippen LogP) is 2.54. The number of likely N-dealkylation sites (N-methyl/N-ethyl adjacent to an activating group) is 1. The molecule has 0 aromatic carbocycles. The maximum absolute atomic E-state index is 6.52. The van der Waals surface area contributed by atoms with E-state index >= 15 is 0 Å². The highest BCUT2D eigenvalue weighted by Crippen LogP contribution is 2.37. The molecule has 2 atom stereocenters. The van der Waals surface area contributed by atoms with Crippen LogP contribution in [0, 0.1) is 0 Å². The standard InChI is InChI=1S/C15H30N2O/c1-17(2)15(10-3-4-11-15)14(16)9-5-7-13-8-6-12-18-13/h13-14H,3-12,16H2,1-2H3. The summed E-state index contributed by atoms with van der Waals surface area (Å²) in [7, 11) is 4.40. The Morgan fingerprint density at radius 1 is 1.28 bits per heavy atom. The molecule has 18 heavy (non-hydrogen) atoms. The monoisotopic (exact) mass is 254 g/mol. The van der Waals surface area contributed by atoms with Crippen LogP contribution in [-0.4, -0.2) is 43.3 Å². The number of hydrogen-bond acceptors (Lipinski definition) is 3. The second-order valence-corrected chi connectivity index (χ2v) is 6.38. The molecule has 3 heteroatoms. The largest absolute Gasteiger partial charge is 0.378 e. The van der Waals surface area contributed by atoms with Crippen LogP contribution in [-0.2, 0) is 4.74 Å². The molecule has 0 aromatic rings. The van der Waals surface area contributed by atoms with Crippen molar-refractivity contribution in [1.82, 2.24) is 4.90 Å². The molecule has 2 fully saturated rings. The van der Waals surface area contributed by atoms with Crippen LogP contribution in [0.15, 0.2) is 0 Å². The van der Waals surface area contributed by atoms with Gasteiger partial charge in [0.1, 0.15) is 0 Å². The van der Waals surface area contributed by atoms with E-state index in [1.165, 1.54) is 51.4 Å². The zero-order valence-corrected chi connectivity index (χ0v) is 12.2. The van der Waals surface area contributed by atoms with Gasteiger partial charge in [0, 0.05) is 18.2 Å². The van der Waals surface area contributed by atoms with Gasteiger partial charge in [0.15, 0.2) is 0 Å². The summed E-state index contributed by atoms with van der Waals surface area (Å²) in [6.07, 6.45) is 11.9. The lowest BCUT2D eigenvalue weighted by molar-refractivity contribution is 0.0924. The minimum Gasteiger partial charge on any atom is -0.378 e. The fourth-order valence-electron chi connectivity index (χ4n) is 3.84. The summed E-state index contributed by atoms with van der Waals surface area (Å²) in [5, 5.41) is 0. The topological polar surface area (TPSA) is 38.5 Å². The second kappa shape index (κ2) is 6.36. The zero-order valence-electron chi connectivity index (χ0n) is 12.2. The molecule has 0 radical (unpaired) electrons. The molecule has 2 unspecified atom stereocenters. The Morgan fingerprint density at radius 3 is 2.56 bits per heavy atom. The molecule has 1 aliphatic carbocycles. The van der Waals surface area contributed by atoms with Crippen LogP contribution in [0.4, 0.5) is 0 Å². The Hall–Kier alpha value is -0.120. The molecular weight excluding hydrogens is 224 g/mol. The second-order valence-electron chi connectivity index (χ2n) is 6.38. The van der Waals surface area contributed by atoms with Crippen LogP contribution in [0.3, 0.4) is 0 Å². The summed E-state index contributed by atoms with van der Waals surface area (Å²) in [6, 6.07) is 0.330. The van der Waals surface area contributed by atoms with E-state index < -0.39 is 0 Å². The molecule has 1 saturated heterocycles. The highest BCUT2D eigenvalue weighted by molar-refractivity contribution is 5.00. The third-order valence-electron chi connectivity index (χ3n) is 5.12. The Balaban J connectivity index is 1.76. The minimum atomic E-state index is 0.274. The Kier molecular flexibility index (Phi) is 5.05. The quantitative estimate of drug-likeness (QED) is 0.791. The molecule has 1 aliphatic heterocycles. The summed E-state index contributed by atoms with van der Waals surface area (Å²) in [5.41, 5.74) is 6.79. The molecule has 0 aromatic heterocycles. The first-order chi connectivity index (χ1) is 8.65. The molecule has 1 heterocycles. The Bertz CT molecular complexity index is 243. The van der Waals surface area contributed by atoms with Crippen molar-refractivity contribution in [3.63, 3.8) is 0 Å². The first-order valence-electron chi connectivity index (χ1n) is 7.70. The maximum Gasteiger partial charge on any atom is 0.0576 e. The van der Waals surface area contributed by atoms with Gasteiger partial charge in [-0.05, 0) is 59.0 Å². The highest BCUT2D eigenvalue weighted by atomic mass is 16.5. The maximum atomic E-state index is 6.52. The molecule has 0 spiro atoms. The van der Waals surface area contributed by atoms with Crippen molar-refractivity contribution in [2.24, 2.45) is 5.73 Å². The molecule has 2 N–H and O–H groups in total. The van der Waals surface area contributed by atoms with Gasteiger partial charge >= 0.3 is 0 Å². The van der Waals surface area contributed by atoms with Gasteiger partial charge in [-0.25, -0.2) is 0 Å². The molecule has 106 valence electrons. The fourth-order valence-corrected chi connectivity index (χ4v) is 3.84. The summed E-state index contributed by atoms with van der Waals surface area (Å²) in [6.45, 7) is 0.971. The number of nitrogens with zero attached hydrogens (tertiary/aromatic N) is 1. The van der Waals surface area contributed by atoms with E-state index in [1.807, 2.05) is 0 Å². The number of nitrogens with two attached hydrogens (primary N) is 1. The molecule has 0 amide bonds. The summed E-state index contributed by atoms with van der Waals surface area (Å²) >= 11 is 0. The van der Waals surface area contributed by atoms with Crippen LogP contribution < -0.4 is 5.73 Å². The first-order valence-corrected chi connectivity index (χ1v) is 7.70. The highest BCUT2D eigenvalue weighted by Gasteiger charge is 2.40. The number of hydrogen-bond donors (Lipinski definition) is 1. The van der Waals surface area contributed by atoms with Crippen LogP contribution >= 0.6 is 0 Å². The van der Waals surface area contributed by atoms with E-state index in [-0.39, 0.29) is 5.54 Å². The SMILES string of the molecule is CN(C)C1(C(N)CCCC2CCCO2)CCCC1. The van der Waals surface area contributed by atoms with Gasteiger partial charge < -0.3 is 15.4 Å². The summed E-state index contributed by atoms with van der Waals surface area (Å²) < 4.78 is 5.68. The molecular formula is C15H30N2O. The van der Waals surface area contributed by atoms with Crippen LogP contribution in [0.25, 0.3) is 0 Å². The van der Waals surface area contributed by atoms with E-state index in [1.54, 1.807) is 0 Å². The lowest BCUT2D eigenvalue weighted by Gasteiger charge is -2.41. The van der Waals surface area contributed by atoms with E-state index in [2.05, 4.69) is 19.0 Å². The van der Waals surface area contributed by atoms with E-state index in [0.29, 0.717) is 12.1 Å². The van der Waals surface area contributed by atoms with Gasteiger partial charge in [0.05, 0.1) is 6.10 Å². The third-order valence-corrected chi connectivity index (χ3v) is 5.12. The summed E-state index contributed by atoms with van der Waals surface area (Å²) in [4.78, 5) is 2.39. The number of ether oxygens (including phenoxy) is 1. The lowest BCUT2D eigenvalue weighted by atomic mass is 9.84. The first kappa shape index (κ1) is 14.3. The van der Waals surface area contributed by atoms with Crippen LogP contribution in [0.5, 0.6) is 0 Å². The zero-order chi connectivity index (χ0) is 13.0. The van der Waals surface area contributed by atoms with Crippen molar-refractivity contribution in [3.05, 3.63) is 0 Å². The fraction of sp³-hybridized carbons (Fsp3) is 1.00. The van der Waals surface area contributed by atoms with Crippen molar-refractivity contribution in [1.29, 1.82) is 0 Å². The van der Waals surface area contributed by atoms with Gasteiger partial charge in [-0.1, -0.05) is 12.8 Å². The minimum absolute atomic E-state index is 0.274. The number of rotatable bonds is 6. The predicted molar refractivity (Wildman–Crippen MR) is 75.7 cm³/mol. The van der Waals surface area contributed by atoms with E-state index in [4.69, 9.17) is 10.5 Å². The van der Waals surface area contributed by atoms with Crippen LogP contribution in [0.2, 0.25) is 0 Å². The van der Waals surface area contributed by atoms with Gasteiger partial charge in [-0.15, -0.1) is 0 Å². The molecule has 1 saturated carbocycles. The molecule has 2 rings (SSSR count). The third kappa shape index (κ3) is 3.06. The van der Waals surface area contributed by atoms with Crippen molar-refractivity contribution in [3.8, 4) is 0 Å². The van der Waals surface area contributed by atoms with Gasteiger partial charge in [-0.3, -0.25) is 0 Å². The molecule has 2 aliphatic rings. The van der Waals surface area contributed by atoms with Crippen molar-refractivity contribution in [2.45, 2.75) is 75.5 Å². The van der Waals surface area contributed by atoms with E-state index in [9.17, 15) is 0 Å².